The molecule has 0 saturated carbocycles. The molecule has 0 unspecified atom stereocenters. The van der Waals surface area contributed by atoms with Crippen LogP contribution >= 0.6 is 0 Å². The third kappa shape index (κ3) is 5.86. The number of aryl methyl sites for hydroxylation is 2. The van der Waals surface area contributed by atoms with Gasteiger partial charge in [-0.2, -0.15) is 5.10 Å². The van der Waals surface area contributed by atoms with Crippen LogP contribution in [-0.2, 0) is 13.0 Å². The maximum absolute atomic E-state index is 5.41. The summed E-state index contributed by atoms with van der Waals surface area (Å²) in [4.78, 5) is 4.70. The van der Waals surface area contributed by atoms with Crippen LogP contribution in [0.3, 0.4) is 0 Å². The van der Waals surface area contributed by atoms with Gasteiger partial charge in [-0.05, 0) is 50.5 Å². The standard InChI is InChI=1S/C24H31N5O/c1-4-25-24(27-17-20-11-8-9-15-23(20)30-3)26-16-10-12-21-18-29(28-19(21)2)22-13-6-5-7-14-22/h5-9,11,13-15,18H,4,10,12,16-17H2,1-3H3,(H2,25,26,27). The molecule has 0 aliphatic rings. The van der Waals surface area contributed by atoms with Gasteiger partial charge in [-0.15, -0.1) is 0 Å². The third-order valence-corrected chi connectivity index (χ3v) is 4.88. The van der Waals surface area contributed by atoms with Gasteiger partial charge < -0.3 is 15.4 Å². The smallest absolute Gasteiger partial charge is 0.191 e. The van der Waals surface area contributed by atoms with Crippen LogP contribution in [0.2, 0.25) is 0 Å². The van der Waals surface area contributed by atoms with Crippen molar-refractivity contribution in [1.82, 2.24) is 20.4 Å². The van der Waals surface area contributed by atoms with Crippen LogP contribution in [0, 0.1) is 6.92 Å². The van der Waals surface area contributed by atoms with Gasteiger partial charge in [0.2, 0.25) is 0 Å². The van der Waals surface area contributed by atoms with Crippen molar-refractivity contribution in [3.8, 4) is 11.4 Å². The number of guanidine groups is 1. The number of aliphatic imine (C=N–C) groups is 1. The molecule has 6 heteroatoms. The minimum Gasteiger partial charge on any atom is -0.496 e. The summed E-state index contributed by atoms with van der Waals surface area (Å²) < 4.78 is 7.37. The molecule has 0 saturated heterocycles. The van der Waals surface area contributed by atoms with Crippen molar-refractivity contribution in [2.45, 2.75) is 33.2 Å². The highest BCUT2D eigenvalue weighted by Crippen LogP contribution is 2.18. The molecule has 0 bridgehead atoms. The van der Waals surface area contributed by atoms with Gasteiger partial charge in [0.05, 0.1) is 25.0 Å². The summed E-state index contributed by atoms with van der Waals surface area (Å²) in [6, 6.07) is 18.2. The van der Waals surface area contributed by atoms with Crippen molar-refractivity contribution in [3.05, 3.63) is 77.6 Å². The van der Waals surface area contributed by atoms with E-state index in [-0.39, 0.29) is 0 Å². The molecule has 2 N–H and O–H groups in total. The lowest BCUT2D eigenvalue weighted by atomic mass is 10.1. The molecule has 0 aliphatic carbocycles. The van der Waals surface area contributed by atoms with Crippen LogP contribution in [-0.4, -0.2) is 35.9 Å². The molecule has 0 spiro atoms. The Morgan fingerprint density at radius 3 is 2.57 bits per heavy atom. The molecular formula is C24H31N5O. The summed E-state index contributed by atoms with van der Waals surface area (Å²) in [5.74, 6) is 1.68. The average molecular weight is 406 g/mol. The number of rotatable bonds is 9. The number of nitrogens with one attached hydrogen (secondary N) is 2. The Hall–Kier alpha value is -3.28. The largest absolute Gasteiger partial charge is 0.496 e. The quantitative estimate of drug-likeness (QED) is 0.322. The number of hydrogen-bond acceptors (Lipinski definition) is 3. The molecule has 30 heavy (non-hydrogen) atoms. The summed E-state index contributed by atoms with van der Waals surface area (Å²) in [6.07, 6.45) is 4.10. The lowest BCUT2D eigenvalue weighted by Crippen LogP contribution is -2.37. The van der Waals surface area contributed by atoms with Crippen LogP contribution in [0.15, 0.2) is 65.8 Å². The number of ether oxygens (including phenoxy) is 1. The van der Waals surface area contributed by atoms with Crippen LogP contribution in [0.1, 0.15) is 30.2 Å². The lowest BCUT2D eigenvalue weighted by molar-refractivity contribution is 0.410. The molecule has 3 rings (SSSR count). The first kappa shape index (κ1) is 21.4. The fraction of sp³-hybridized carbons (Fsp3) is 0.333. The van der Waals surface area contributed by atoms with Gasteiger partial charge in [-0.25, -0.2) is 9.67 Å². The van der Waals surface area contributed by atoms with E-state index in [1.165, 1.54) is 5.56 Å². The van der Waals surface area contributed by atoms with Crippen LogP contribution in [0.25, 0.3) is 5.69 Å². The summed E-state index contributed by atoms with van der Waals surface area (Å²) in [5, 5.41) is 11.4. The number of para-hydroxylation sites is 2. The molecule has 0 atom stereocenters. The second kappa shape index (κ2) is 11.0. The minimum atomic E-state index is 0.572. The average Bonchev–Trinajstić information content (AvgIpc) is 3.16. The monoisotopic (exact) mass is 405 g/mol. The second-order valence-electron chi connectivity index (χ2n) is 7.06. The number of methoxy groups -OCH3 is 1. The SMILES string of the molecule is CCNC(=NCc1ccccc1OC)NCCCc1cn(-c2ccccc2)nc1C. The minimum absolute atomic E-state index is 0.572. The Bertz CT molecular complexity index is 949. The first-order valence-electron chi connectivity index (χ1n) is 10.5. The topological polar surface area (TPSA) is 63.5 Å². The van der Waals surface area contributed by atoms with Gasteiger partial charge in [0.1, 0.15) is 5.75 Å². The molecule has 6 nitrogen and oxygen atoms in total. The Balaban J connectivity index is 1.53. The zero-order chi connectivity index (χ0) is 21.2. The summed E-state index contributed by atoms with van der Waals surface area (Å²) in [5.41, 5.74) is 4.51. The number of benzene rings is 2. The van der Waals surface area contributed by atoms with E-state index in [9.17, 15) is 0 Å². The fourth-order valence-corrected chi connectivity index (χ4v) is 3.28. The van der Waals surface area contributed by atoms with Gasteiger partial charge >= 0.3 is 0 Å². The maximum Gasteiger partial charge on any atom is 0.191 e. The van der Waals surface area contributed by atoms with E-state index in [1.54, 1.807) is 7.11 Å². The van der Waals surface area contributed by atoms with E-state index in [1.807, 2.05) is 47.1 Å². The zero-order valence-electron chi connectivity index (χ0n) is 18.1. The van der Waals surface area contributed by atoms with Gasteiger partial charge in [0.15, 0.2) is 5.96 Å². The van der Waals surface area contributed by atoms with E-state index < -0.39 is 0 Å². The van der Waals surface area contributed by atoms with Gasteiger partial charge in [0, 0.05) is 24.8 Å². The zero-order valence-corrected chi connectivity index (χ0v) is 18.1. The predicted molar refractivity (Wildman–Crippen MR) is 122 cm³/mol. The number of aromatic nitrogens is 2. The Morgan fingerprint density at radius 2 is 1.80 bits per heavy atom. The molecule has 3 aromatic rings. The van der Waals surface area contributed by atoms with E-state index in [2.05, 4.69) is 47.9 Å². The summed E-state index contributed by atoms with van der Waals surface area (Å²) in [6.45, 7) is 6.37. The molecule has 1 aromatic heterocycles. The molecule has 2 aromatic carbocycles. The highest BCUT2D eigenvalue weighted by Gasteiger charge is 2.07. The molecule has 0 radical (unpaired) electrons. The van der Waals surface area contributed by atoms with Gasteiger partial charge in [-0.3, -0.25) is 0 Å². The van der Waals surface area contributed by atoms with Gasteiger partial charge in [0.25, 0.3) is 0 Å². The summed E-state index contributed by atoms with van der Waals surface area (Å²) >= 11 is 0. The molecule has 0 fully saturated rings. The predicted octanol–water partition coefficient (Wildman–Crippen LogP) is 3.88. The van der Waals surface area contributed by atoms with Crippen molar-refractivity contribution >= 4 is 5.96 Å². The highest BCUT2D eigenvalue weighted by atomic mass is 16.5. The van der Waals surface area contributed by atoms with Crippen LogP contribution < -0.4 is 15.4 Å². The van der Waals surface area contributed by atoms with E-state index in [0.29, 0.717) is 6.54 Å². The van der Waals surface area contributed by atoms with E-state index in [0.717, 1.165) is 54.6 Å². The first-order chi connectivity index (χ1) is 14.7. The van der Waals surface area contributed by atoms with Crippen molar-refractivity contribution in [2.75, 3.05) is 20.2 Å². The second-order valence-corrected chi connectivity index (χ2v) is 7.06. The first-order valence-corrected chi connectivity index (χ1v) is 10.5. The van der Waals surface area contributed by atoms with Crippen LogP contribution in [0.4, 0.5) is 0 Å². The van der Waals surface area contributed by atoms with Crippen molar-refractivity contribution < 1.29 is 4.74 Å². The molecule has 0 aliphatic heterocycles. The van der Waals surface area contributed by atoms with Crippen LogP contribution in [0.5, 0.6) is 5.75 Å². The van der Waals surface area contributed by atoms with Crippen molar-refractivity contribution in [2.24, 2.45) is 4.99 Å². The maximum atomic E-state index is 5.41. The third-order valence-electron chi connectivity index (χ3n) is 4.88. The number of nitrogens with zero attached hydrogens (tertiary/aromatic N) is 3. The van der Waals surface area contributed by atoms with Crippen molar-refractivity contribution in [3.63, 3.8) is 0 Å². The lowest BCUT2D eigenvalue weighted by Gasteiger charge is -2.12. The van der Waals surface area contributed by atoms with Gasteiger partial charge in [-0.1, -0.05) is 36.4 Å². The molecule has 1 heterocycles. The highest BCUT2D eigenvalue weighted by molar-refractivity contribution is 5.79. The number of hydrogen-bond donors (Lipinski definition) is 2. The summed E-state index contributed by atoms with van der Waals surface area (Å²) in [7, 11) is 1.69. The Morgan fingerprint density at radius 1 is 1.03 bits per heavy atom. The molecule has 158 valence electrons. The Kier molecular flexibility index (Phi) is 7.89. The normalized spacial score (nSPS) is 11.4. The fourth-order valence-electron chi connectivity index (χ4n) is 3.28. The van der Waals surface area contributed by atoms with E-state index >= 15 is 0 Å². The van der Waals surface area contributed by atoms with Crippen molar-refractivity contribution in [1.29, 1.82) is 0 Å². The Labute approximate surface area is 179 Å². The molecule has 0 amide bonds. The van der Waals surface area contributed by atoms with E-state index in [4.69, 9.17) is 9.73 Å². The molecular weight excluding hydrogens is 374 g/mol.